The Morgan fingerprint density at radius 2 is 1.74 bits per heavy atom. The molecule has 0 N–H and O–H groups in total. The number of fused-ring (bicyclic) bond motifs is 1. The van der Waals surface area contributed by atoms with E-state index in [9.17, 15) is 4.79 Å². The summed E-state index contributed by atoms with van der Waals surface area (Å²) in [6.45, 7) is 0.256. The van der Waals surface area contributed by atoms with E-state index < -0.39 is 0 Å². The molecule has 0 radical (unpaired) electrons. The maximum Gasteiger partial charge on any atom is 0.231 e. The highest BCUT2D eigenvalue weighted by atomic mass is 35.5. The summed E-state index contributed by atoms with van der Waals surface area (Å²) in [4.78, 5) is 12.8. The number of hydrogen-bond donors (Lipinski definition) is 0. The lowest BCUT2D eigenvalue weighted by atomic mass is 10.1. The predicted octanol–water partition coefficient (Wildman–Crippen LogP) is 6.21. The van der Waals surface area contributed by atoms with E-state index in [1.807, 2.05) is 0 Å². The van der Waals surface area contributed by atoms with E-state index in [1.165, 1.54) is 0 Å². The van der Waals surface area contributed by atoms with E-state index in [4.69, 9.17) is 42.1 Å². The quantitative estimate of drug-likeness (QED) is 0.412. The number of ether oxygens (including phenoxy) is 4. The van der Waals surface area contributed by atoms with E-state index in [-0.39, 0.29) is 18.1 Å². The van der Waals surface area contributed by atoms with Crippen molar-refractivity contribution < 1.29 is 23.7 Å². The Hall–Kier alpha value is -3.15. The molecule has 5 nitrogen and oxygen atoms in total. The lowest BCUT2D eigenvalue weighted by Gasteiger charge is -2.09. The number of halogens is 2. The summed E-state index contributed by atoms with van der Waals surface area (Å²) in [5, 5.41) is 1.09. The number of methoxy groups -OCH3 is 2. The van der Waals surface area contributed by atoms with Gasteiger partial charge in [-0.25, -0.2) is 0 Å². The van der Waals surface area contributed by atoms with Gasteiger partial charge in [-0.2, -0.15) is 0 Å². The molecule has 7 heteroatoms. The number of Topliss-reactive ketones (excluding diaryl/α,β-unsaturated/α-hetero) is 1. The molecule has 0 saturated carbocycles. The zero-order valence-corrected chi connectivity index (χ0v) is 18.3. The number of hydrogen-bond acceptors (Lipinski definition) is 5. The molecule has 0 spiro atoms. The minimum Gasteiger partial charge on any atom is -0.497 e. The molecule has 0 amide bonds. The minimum absolute atomic E-state index is 0.194. The maximum atomic E-state index is 12.8. The number of benzene rings is 3. The van der Waals surface area contributed by atoms with Gasteiger partial charge in [-0.05, 0) is 48.5 Å². The molecule has 0 bridgehead atoms. The number of ketones is 1. The summed E-state index contributed by atoms with van der Waals surface area (Å²) in [6, 6.07) is 15.6. The molecule has 1 aliphatic heterocycles. The van der Waals surface area contributed by atoms with Crippen molar-refractivity contribution in [2.75, 3.05) is 14.2 Å². The van der Waals surface area contributed by atoms with Crippen molar-refractivity contribution in [2.24, 2.45) is 0 Å². The lowest BCUT2D eigenvalue weighted by molar-refractivity contribution is 0.101. The van der Waals surface area contributed by atoms with Crippen LogP contribution < -0.4 is 18.9 Å². The first-order chi connectivity index (χ1) is 15.0. The Bertz CT molecular complexity index is 1190. The molecule has 0 saturated heterocycles. The largest absolute Gasteiger partial charge is 0.497 e. The summed E-state index contributed by atoms with van der Waals surface area (Å²) < 4.78 is 22.3. The van der Waals surface area contributed by atoms with Crippen molar-refractivity contribution in [3.63, 3.8) is 0 Å². The van der Waals surface area contributed by atoms with Crippen molar-refractivity contribution in [3.8, 4) is 23.0 Å². The Kier molecular flexibility index (Phi) is 6.07. The van der Waals surface area contributed by atoms with Gasteiger partial charge in [0, 0.05) is 27.2 Å². The molecule has 3 aromatic rings. The molecule has 0 unspecified atom stereocenters. The van der Waals surface area contributed by atoms with Crippen molar-refractivity contribution in [1.82, 2.24) is 0 Å². The second kappa shape index (κ2) is 8.92. The van der Waals surface area contributed by atoms with Crippen LogP contribution in [0.2, 0.25) is 10.0 Å². The maximum absolute atomic E-state index is 12.8. The van der Waals surface area contributed by atoms with Crippen LogP contribution in [0.5, 0.6) is 23.0 Å². The molecular formula is C24H18Cl2O5. The smallest absolute Gasteiger partial charge is 0.231 e. The van der Waals surface area contributed by atoms with Gasteiger partial charge < -0.3 is 18.9 Å². The normalized spacial score (nSPS) is 13.7. The molecule has 0 aromatic heterocycles. The van der Waals surface area contributed by atoms with E-state index in [1.54, 1.807) is 74.9 Å². The van der Waals surface area contributed by atoms with Crippen molar-refractivity contribution in [2.45, 2.75) is 6.61 Å². The molecule has 0 aliphatic carbocycles. The molecule has 0 fully saturated rings. The van der Waals surface area contributed by atoms with Gasteiger partial charge in [0.05, 0.1) is 19.8 Å². The monoisotopic (exact) mass is 456 g/mol. The van der Waals surface area contributed by atoms with Crippen molar-refractivity contribution in [1.29, 1.82) is 0 Å². The fraction of sp³-hybridized carbons (Fsp3) is 0.125. The van der Waals surface area contributed by atoms with Crippen LogP contribution in [0.4, 0.5) is 0 Å². The van der Waals surface area contributed by atoms with E-state index in [0.29, 0.717) is 44.2 Å². The average Bonchev–Trinajstić information content (AvgIpc) is 3.07. The number of carbonyl (C=O) groups is 1. The number of carbonyl (C=O) groups excluding carboxylic acids is 1. The van der Waals surface area contributed by atoms with Gasteiger partial charge in [-0.3, -0.25) is 4.79 Å². The molecule has 3 aromatic carbocycles. The van der Waals surface area contributed by atoms with E-state index >= 15 is 0 Å². The van der Waals surface area contributed by atoms with Gasteiger partial charge >= 0.3 is 0 Å². The van der Waals surface area contributed by atoms with Crippen LogP contribution in [-0.4, -0.2) is 20.0 Å². The van der Waals surface area contributed by atoms with Crippen LogP contribution in [-0.2, 0) is 6.61 Å². The van der Waals surface area contributed by atoms with Gasteiger partial charge in [-0.1, -0.05) is 29.3 Å². The lowest BCUT2D eigenvalue weighted by Crippen LogP contribution is -1.99. The van der Waals surface area contributed by atoms with Gasteiger partial charge in [0.1, 0.15) is 29.6 Å². The van der Waals surface area contributed by atoms with Gasteiger partial charge in [-0.15, -0.1) is 0 Å². The predicted molar refractivity (Wildman–Crippen MR) is 120 cm³/mol. The van der Waals surface area contributed by atoms with Crippen LogP contribution in [0.25, 0.3) is 6.08 Å². The summed E-state index contributed by atoms with van der Waals surface area (Å²) in [6.07, 6.45) is 1.64. The standard InChI is InChI=1S/C24H18Cl2O5/c1-28-17-6-8-21(29-2)15(9-17)10-23-24(27)19-7-5-18(12-22(19)31-23)30-13-14-3-4-16(25)11-20(14)26/h3-12H,13H2,1-2H3. The van der Waals surface area contributed by atoms with Gasteiger partial charge in [0.15, 0.2) is 5.76 Å². The van der Waals surface area contributed by atoms with Crippen LogP contribution >= 0.6 is 23.2 Å². The molecule has 31 heavy (non-hydrogen) atoms. The second-order valence-corrected chi connectivity index (χ2v) is 7.57. The summed E-state index contributed by atoms with van der Waals surface area (Å²) in [7, 11) is 3.14. The second-order valence-electron chi connectivity index (χ2n) is 6.73. The Morgan fingerprint density at radius 3 is 2.48 bits per heavy atom. The van der Waals surface area contributed by atoms with Crippen molar-refractivity contribution >= 4 is 35.1 Å². The van der Waals surface area contributed by atoms with Crippen molar-refractivity contribution in [3.05, 3.63) is 87.1 Å². The fourth-order valence-electron chi connectivity index (χ4n) is 3.15. The molecule has 4 rings (SSSR count). The first kappa shape index (κ1) is 21.1. The topological polar surface area (TPSA) is 54.0 Å². The zero-order chi connectivity index (χ0) is 22.0. The number of rotatable bonds is 6. The summed E-state index contributed by atoms with van der Waals surface area (Å²) >= 11 is 12.1. The fourth-order valence-corrected chi connectivity index (χ4v) is 3.61. The molecule has 1 heterocycles. The third-order valence-electron chi connectivity index (χ3n) is 4.77. The third-order valence-corrected chi connectivity index (χ3v) is 5.36. The first-order valence-corrected chi connectivity index (χ1v) is 10.1. The highest BCUT2D eigenvalue weighted by Crippen LogP contribution is 2.36. The van der Waals surface area contributed by atoms with Gasteiger partial charge in [0.2, 0.25) is 5.78 Å². The van der Waals surface area contributed by atoms with Crippen LogP contribution in [0.1, 0.15) is 21.5 Å². The SMILES string of the molecule is COc1ccc(OC)c(C=C2Oc3cc(OCc4ccc(Cl)cc4Cl)ccc3C2=O)c1. The summed E-state index contributed by atoms with van der Waals surface area (Å²) in [5.41, 5.74) is 1.94. The average molecular weight is 457 g/mol. The Morgan fingerprint density at radius 1 is 0.935 bits per heavy atom. The Labute approximate surface area is 189 Å². The third kappa shape index (κ3) is 4.48. The first-order valence-electron chi connectivity index (χ1n) is 9.35. The summed E-state index contributed by atoms with van der Waals surface area (Å²) in [5.74, 6) is 2.21. The zero-order valence-electron chi connectivity index (χ0n) is 16.8. The highest BCUT2D eigenvalue weighted by molar-refractivity contribution is 6.35. The minimum atomic E-state index is -0.216. The number of allylic oxidation sites excluding steroid dienone is 1. The molecular weight excluding hydrogens is 439 g/mol. The molecule has 1 aliphatic rings. The van der Waals surface area contributed by atoms with E-state index in [2.05, 4.69) is 0 Å². The molecule has 158 valence electrons. The van der Waals surface area contributed by atoms with Gasteiger partial charge in [0.25, 0.3) is 0 Å². The van der Waals surface area contributed by atoms with E-state index in [0.717, 1.165) is 5.56 Å². The van der Waals surface area contributed by atoms with Crippen LogP contribution in [0.15, 0.2) is 60.4 Å². The Balaban J connectivity index is 1.55. The van der Waals surface area contributed by atoms with Crippen LogP contribution in [0.3, 0.4) is 0 Å². The van der Waals surface area contributed by atoms with Crippen LogP contribution in [0, 0.1) is 0 Å². The highest BCUT2D eigenvalue weighted by Gasteiger charge is 2.28. The molecule has 0 atom stereocenters.